The van der Waals surface area contributed by atoms with Crippen molar-refractivity contribution in [3.8, 4) is 0 Å². The first-order chi connectivity index (χ1) is 9.20. The molecule has 0 bridgehead atoms. The van der Waals surface area contributed by atoms with Crippen molar-refractivity contribution in [2.75, 3.05) is 13.7 Å². The van der Waals surface area contributed by atoms with Gasteiger partial charge in [0.15, 0.2) is 5.82 Å². The normalized spacial score (nSPS) is 17.8. The van der Waals surface area contributed by atoms with Crippen molar-refractivity contribution in [2.24, 2.45) is 0 Å². The number of rotatable bonds is 6. The molecular formula is C15H25N3O. The summed E-state index contributed by atoms with van der Waals surface area (Å²) < 4.78 is 5.78. The maximum Gasteiger partial charge on any atom is 0.160 e. The molecule has 1 aliphatic carbocycles. The number of hydrogen-bond acceptors (Lipinski definition) is 4. The molecule has 0 aliphatic heterocycles. The Morgan fingerprint density at radius 1 is 1.32 bits per heavy atom. The van der Waals surface area contributed by atoms with Crippen molar-refractivity contribution in [1.29, 1.82) is 0 Å². The monoisotopic (exact) mass is 263 g/mol. The fraction of sp³-hybridized carbons (Fsp3) is 0.733. The van der Waals surface area contributed by atoms with E-state index in [9.17, 15) is 0 Å². The van der Waals surface area contributed by atoms with Crippen molar-refractivity contribution in [1.82, 2.24) is 15.3 Å². The molecule has 0 spiro atoms. The summed E-state index contributed by atoms with van der Waals surface area (Å²) >= 11 is 0. The minimum atomic E-state index is -0.245. The predicted octanol–water partition coefficient (Wildman–Crippen LogP) is 2.70. The van der Waals surface area contributed by atoms with Gasteiger partial charge in [-0.2, -0.15) is 0 Å². The Morgan fingerprint density at radius 3 is 2.68 bits per heavy atom. The largest absolute Gasteiger partial charge is 0.370 e. The highest BCUT2D eigenvalue weighted by Crippen LogP contribution is 2.39. The van der Waals surface area contributed by atoms with E-state index in [2.05, 4.69) is 23.3 Å². The Kier molecular flexibility index (Phi) is 4.88. The average molecular weight is 263 g/mol. The lowest BCUT2D eigenvalue weighted by Crippen LogP contribution is -2.28. The molecule has 1 N–H and O–H groups in total. The summed E-state index contributed by atoms with van der Waals surface area (Å²) in [5.41, 5.74) is 1.85. The quantitative estimate of drug-likeness (QED) is 0.802. The van der Waals surface area contributed by atoms with Crippen LogP contribution in [0.3, 0.4) is 0 Å². The Bertz CT molecular complexity index is 414. The first-order valence-corrected chi connectivity index (χ1v) is 7.31. The van der Waals surface area contributed by atoms with E-state index in [4.69, 9.17) is 9.72 Å². The fourth-order valence-corrected chi connectivity index (χ4v) is 2.79. The smallest absolute Gasteiger partial charge is 0.160 e. The molecule has 1 heterocycles. The highest BCUT2D eigenvalue weighted by molar-refractivity contribution is 5.15. The number of hydrogen-bond donors (Lipinski definition) is 1. The number of nitrogens with one attached hydrogen (secondary N) is 1. The van der Waals surface area contributed by atoms with Crippen molar-refractivity contribution in [3.63, 3.8) is 0 Å². The molecule has 1 aliphatic rings. The van der Waals surface area contributed by atoms with E-state index < -0.39 is 0 Å². The first-order valence-electron chi connectivity index (χ1n) is 7.31. The Labute approximate surface area is 116 Å². The molecule has 4 nitrogen and oxygen atoms in total. The zero-order valence-corrected chi connectivity index (χ0v) is 12.3. The maximum absolute atomic E-state index is 5.78. The number of aryl methyl sites for hydroxylation is 1. The standard InChI is InChI=1S/C15H25N3O/c1-4-9-16-11-13-10-12(2)17-14(18-13)15(19-3)7-5-6-8-15/h10,16H,4-9,11H2,1-3H3. The van der Waals surface area contributed by atoms with Gasteiger partial charge in [0, 0.05) is 19.3 Å². The van der Waals surface area contributed by atoms with Gasteiger partial charge in [-0.25, -0.2) is 9.97 Å². The first kappa shape index (κ1) is 14.4. The van der Waals surface area contributed by atoms with Crippen LogP contribution in [0.4, 0.5) is 0 Å². The Hall–Kier alpha value is -1.00. The number of nitrogens with zero attached hydrogens (tertiary/aromatic N) is 2. The van der Waals surface area contributed by atoms with E-state index in [1.54, 1.807) is 7.11 Å². The molecule has 19 heavy (non-hydrogen) atoms. The third-order valence-corrected chi connectivity index (χ3v) is 3.85. The Morgan fingerprint density at radius 2 is 2.05 bits per heavy atom. The summed E-state index contributed by atoms with van der Waals surface area (Å²) in [6, 6.07) is 2.06. The molecule has 0 unspecified atom stereocenters. The van der Waals surface area contributed by atoms with Crippen LogP contribution in [-0.4, -0.2) is 23.6 Å². The van der Waals surface area contributed by atoms with Gasteiger partial charge in [-0.1, -0.05) is 6.92 Å². The van der Waals surface area contributed by atoms with Crippen molar-refractivity contribution in [3.05, 3.63) is 23.3 Å². The lowest BCUT2D eigenvalue weighted by Gasteiger charge is -2.26. The number of methoxy groups -OCH3 is 1. The molecule has 0 atom stereocenters. The summed E-state index contributed by atoms with van der Waals surface area (Å²) in [5, 5.41) is 3.40. The molecule has 0 aromatic carbocycles. The minimum Gasteiger partial charge on any atom is -0.370 e. The van der Waals surface area contributed by atoms with Crippen LogP contribution in [0, 0.1) is 6.92 Å². The molecule has 0 amide bonds. The molecule has 4 heteroatoms. The Balaban J connectivity index is 2.20. The summed E-state index contributed by atoms with van der Waals surface area (Å²) in [4.78, 5) is 9.35. The topological polar surface area (TPSA) is 47.0 Å². The van der Waals surface area contributed by atoms with Gasteiger partial charge in [-0.3, -0.25) is 0 Å². The van der Waals surface area contributed by atoms with E-state index in [0.717, 1.165) is 49.6 Å². The SMILES string of the molecule is CCCNCc1cc(C)nc(C2(OC)CCCC2)n1. The molecule has 0 saturated heterocycles. The summed E-state index contributed by atoms with van der Waals surface area (Å²) in [5.74, 6) is 0.876. The number of aromatic nitrogens is 2. The van der Waals surface area contributed by atoms with Gasteiger partial charge in [0.2, 0.25) is 0 Å². The maximum atomic E-state index is 5.78. The van der Waals surface area contributed by atoms with Crippen LogP contribution in [0.5, 0.6) is 0 Å². The van der Waals surface area contributed by atoms with E-state index in [1.165, 1.54) is 12.8 Å². The van der Waals surface area contributed by atoms with Crippen LogP contribution in [0.25, 0.3) is 0 Å². The van der Waals surface area contributed by atoms with Gasteiger partial charge in [-0.05, 0) is 51.6 Å². The lowest BCUT2D eigenvalue weighted by atomic mass is 10.0. The molecule has 1 fully saturated rings. The average Bonchev–Trinajstić information content (AvgIpc) is 2.88. The van der Waals surface area contributed by atoms with Gasteiger partial charge < -0.3 is 10.1 Å². The molecule has 2 rings (SSSR count). The lowest BCUT2D eigenvalue weighted by molar-refractivity contribution is -0.0166. The summed E-state index contributed by atoms with van der Waals surface area (Å²) in [6.45, 7) is 6.03. The fourth-order valence-electron chi connectivity index (χ4n) is 2.79. The number of ether oxygens (including phenoxy) is 1. The van der Waals surface area contributed by atoms with Gasteiger partial charge in [0.05, 0.1) is 5.69 Å². The van der Waals surface area contributed by atoms with E-state index in [0.29, 0.717) is 0 Å². The second-order valence-electron chi connectivity index (χ2n) is 5.41. The molecule has 1 aromatic rings. The summed E-state index contributed by atoms with van der Waals surface area (Å²) in [6.07, 6.45) is 5.62. The molecule has 0 radical (unpaired) electrons. The van der Waals surface area contributed by atoms with Gasteiger partial charge in [0.25, 0.3) is 0 Å². The molecular weight excluding hydrogens is 238 g/mol. The molecule has 1 aromatic heterocycles. The van der Waals surface area contributed by atoms with Gasteiger partial charge in [0.1, 0.15) is 5.60 Å². The van der Waals surface area contributed by atoms with Gasteiger partial charge >= 0.3 is 0 Å². The van der Waals surface area contributed by atoms with Gasteiger partial charge in [-0.15, -0.1) is 0 Å². The highest BCUT2D eigenvalue weighted by Gasteiger charge is 2.38. The van der Waals surface area contributed by atoms with Crippen LogP contribution in [0.1, 0.15) is 56.2 Å². The van der Waals surface area contributed by atoms with E-state index in [-0.39, 0.29) is 5.60 Å². The van der Waals surface area contributed by atoms with Crippen LogP contribution < -0.4 is 5.32 Å². The second kappa shape index (κ2) is 6.44. The zero-order chi connectivity index (χ0) is 13.7. The van der Waals surface area contributed by atoms with E-state index in [1.807, 2.05) is 6.92 Å². The third kappa shape index (κ3) is 3.31. The van der Waals surface area contributed by atoms with Crippen LogP contribution in [0.2, 0.25) is 0 Å². The highest BCUT2D eigenvalue weighted by atomic mass is 16.5. The zero-order valence-electron chi connectivity index (χ0n) is 12.3. The van der Waals surface area contributed by atoms with E-state index >= 15 is 0 Å². The third-order valence-electron chi connectivity index (χ3n) is 3.85. The molecule has 106 valence electrons. The predicted molar refractivity (Wildman–Crippen MR) is 75.9 cm³/mol. The minimum absolute atomic E-state index is 0.245. The van der Waals surface area contributed by atoms with Crippen LogP contribution in [0.15, 0.2) is 6.07 Å². The molecule has 1 saturated carbocycles. The second-order valence-corrected chi connectivity index (χ2v) is 5.41. The van der Waals surface area contributed by atoms with Crippen LogP contribution >= 0.6 is 0 Å². The van der Waals surface area contributed by atoms with Crippen molar-refractivity contribution < 1.29 is 4.74 Å². The van der Waals surface area contributed by atoms with Crippen LogP contribution in [-0.2, 0) is 16.9 Å². The summed E-state index contributed by atoms with van der Waals surface area (Å²) in [7, 11) is 1.78. The van der Waals surface area contributed by atoms with Crippen molar-refractivity contribution >= 4 is 0 Å². The van der Waals surface area contributed by atoms with Crippen molar-refractivity contribution in [2.45, 2.75) is 58.1 Å².